The number of aromatic nitrogens is 4. The first-order valence-electron chi connectivity index (χ1n) is 11.8. The van der Waals surface area contributed by atoms with E-state index in [1.165, 1.54) is 12.4 Å². The number of nitrogens with one attached hydrogen (secondary N) is 1. The average molecular weight is 507 g/mol. The zero-order chi connectivity index (χ0) is 26.8. The Kier molecular flexibility index (Phi) is 6.49. The Balaban J connectivity index is 1.65. The van der Waals surface area contributed by atoms with Gasteiger partial charge in [0.05, 0.1) is 24.4 Å². The predicted molar refractivity (Wildman–Crippen MR) is 148 cm³/mol. The fourth-order valence-electron chi connectivity index (χ4n) is 4.42. The highest BCUT2D eigenvalue weighted by molar-refractivity contribution is 6.08. The van der Waals surface area contributed by atoms with Gasteiger partial charge in [0.2, 0.25) is 5.91 Å². The van der Waals surface area contributed by atoms with Gasteiger partial charge in [0.25, 0.3) is 0 Å². The molecule has 0 bridgehead atoms. The van der Waals surface area contributed by atoms with Crippen molar-refractivity contribution in [2.75, 3.05) is 18.2 Å². The normalized spacial score (nSPS) is 10.8. The Bertz CT molecular complexity index is 1670. The van der Waals surface area contributed by atoms with Gasteiger partial charge in [-0.25, -0.2) is 9.97 Å². The van der Waals surface area contributed by atoms with Crippen molar-refractivity contribution in [3.05, 3.63) is 85.5 Å². The molecule has 3 aromatic heterocycles. The minimum absolute atomic E-state index is 0.276. The third kappa shape index (κ3) is 4.53. The number of hydrogen-bond donors (Lipinski definition) is 2. The van der Waals surface area contributed by atoms with E-state index in [0.717, 1.165) is 33.3 Å². The maximum atomic E-state index is 11.7. The van der Waals surface area contributed by atoms with Crippen LogP contribution in [0.2, 0.25) is 0 Å². The molecule has 0 unspecified atom stereocenters. The number of hydrogen-bond acceptors (Lipinski definition) is 7. The molecule has 5 aromatic rings. The number of aryl methyl sites for hydroxylation is 2. The number of fused-ring (bicyclic) bond motifs is 1. The summed E-state index contributed by atoms with van der Waals surface area (Å²) in [5.41, 5.74) is 12.2. The Morgan fingerprint density at radius 3 is 2.53 bits per heavy atom. The van der Waals surface area contributed by atoms with Crippen molar-refractivity contribution in [2.45, 2.75) is 6.92 Å². The third-order valence-electron chi connectivity index (χ3n) is 6.14. The second-order valence-corrected chi connectivity index (χ2v) is 8.68. The number of benzene rings is 2. The summed E-state index contributed by atoms with van der Waals surface area (Å²) in [5, 5.41) is 3.50. The van der Waals surface area contributed by atoms with Crippen LogP contribution >= 0.6 is 0 Å². The molecular weight excluding hydrogens is 480 g/mol. The number of rotatable bonds is 7. The molecule has 0 radical (unpaired) electrons. The Morgan fingerprint density at radius 2 is 1.82 bits per heavy atom. The van der Waals surface area contributed by atoms with Gasteiger partial charge in [-0.05, 0) is 60.0 Å². The topological polar surface area (TPSA) is 117 Å². The molecule has 0 aliphatic rings. The Hall–Kier alpha value is -5.18. The maximum Gasteiger partial charge on any atom is 0.247 e. The number of carbonyl (C=O) groups is 1. The van der Waals surface area contributed by atoms with Gasteiger partial charge in [-0.1, -0.05) is 24.8 Å². The quantitative estimate of drug-likeness (QED) is 0.279. The summed E-state index contributed by atoms with van der Waals surface area (Å²) in [6, 6.07) is 15.1. The van der Waals surface area contributed by atoms with E-state index >= 15 is 0 Å². The molecule has 2 aromatic carbocycles. The zero-order valence-electron chi connectivity index (χ0n) is 21.2. The standard InChI is InChI=1S/C29H26N6O3/c1-5-24(36)34-20-9-6-18(7-10-20)27-25(26-28(30)32-16-33-29(26)35(27)3)19-8-11-22(23(13-19)37-4)38-21-12-17(2)14-31-15-21/h5-16H,1H2,2-4H3,(H,34,36)(H2,30,32,33). The molecule has 5 rings (SSSR count). The van der Waals surface area contributed by atoms with E-state index in [4.69, 9.17) is 15.2 Å². The van der Waals surface area contributed by atoms with Crippen molar-refractivity contribution in [1.82, 2.24) is 19.5 Å². The minimum Gasteiger partial charge on any atom is -0.493 e. The van der Waals surface area contributed by atoms with Crippen molar-refractivity contribution < 1.29 is 14.3 Å². The summed E-state index contributed by atoms with van der Waals surface area (Å²) in [5.74, 6) is 1.80. The van der Waals surface area contributed by atoms with Crippen molar-refractivity contribution in [3.63, 3.8) is 0 Å². The molecule has 9 heteroatoms. The molecule has 0 aliphatic carbocycles. The van der Waals surface area contributed by atoms with Crippen molar-refractivity contribution in [3.8, 4) is 39.6 Å². The first kappa shape index (κ1) is 24.5. The SMILES string of the molecule is C=CC(=O)Nc1ccc(-c2c(-c3ccc(Oc4cncc(C)c4)c(OC)c3)c3c(N)ncnc3n2C)cc1. The summed E-state index contributed by atoms with van der Waals surface area (Å²) in [6.07, 6.45) is 6.10. The van der Waals surface area contributed by atoms with Crippen LogP contribution < -0.4 is 20.5 Å². The van der Waals surface area contributed by atoms with Crippen LogP contribution in [0.5, 0.6) is 17.2 Å². The van der Waals surface area contributed by atoms with E-state index in [1.807, 2.05) is 67.1 Å². The van der Waals surface area contributed by atoms with Crippen LogP contribution in [0.4, 0.5) is 11.5 Å². The molecule has 190 valence electrons. The van der Waals surface area contributed by atoms with Crippen molar-refractivity contribution >= 4 is 28.4 Å². The largest absolute Gasteiger partial charge is 0.493 e. The highest BCUT2D eigenvalue weighted by Crippen LogP contribution is 2.44. The number of anilines is 2. The van der Waals surface area contributed by atoms with Crippen LogP contribution in [0.25, 0.3) is 33.4 Å². The lowest BCUT2D eigenvalue weighted by Gasteiger charge is -2.14. The van der Waals surface area contributed by atoms with E-state index in [-0.39, 0.29) is 5.91 Å². The van der Waals surface area contributed by atoms with E-state index < -0.39 is 0 Å². The molecule has 38 heavy (non-hydrogen) atoms. The van der Waals surface area contributed by atoms with E-state index in [9.17, 15) is 4.79 Å². The van der Waals surface area contributed by atoms with Crippen molar-refractivity contribution in [1.29, 1.82) is 0 Å². The number of nitrogens with two attached hydrogens (primary N) is 1. The van der Waals surface area contributed by atoms with Gasteiger partial charge >= 0.3 is 0 Å². The molecule has 1 amide bonds. The number of amides is 1. The molecule has 0 saturated carbocycles. The molecule has 0 spiro atoms. The van der Waals surface area contributed by atoms with Crippen LogP contribution in [-0.2, 0) is 11.8 Å². The average Bonchev–Trinajstić information content (AvgIpc) is 3.22. The van der Waals surface area contributed by atoms with E-state index in [1.54, 1.807) is 19.5 Å². The lowest BCUT2D eigenvalue weighted by Crippen LogP contribution is -2.06. The summed E-state index contributed by atoms with van der Waals surface area (Å²) < 4.78 is 13.8. The van der Waals surface area contributed by atoms with Crippen LogP contribution in [0, 0.1) is 6.92 Å². The van der Waals surface area contributed by atoms with Crippen LogP contribution in [0.1, 0.15) is 5.56 Å². The highest BCUT2D eigenvalue weighted by Gasteiger charge is 2.23. The second-order valence-electron chi connectivity index (χ2n) is 8.68. The van der Waals surface area contributed by atoms with E-state index in [2.05, 4.69) is 26.8 Å². The van der Waals surface area contributed by atoms with E-state index in [0.29, 0.717) is 34.4 Å². The lowest BCUT2D eigenvalue weighted by atomic mass is 9.98. The molecule has 0 aliphatic heterocycles. The van der Waals surface area contributed by atoms with Gasteiger partial charge in [-0.2, -0.15) is 0 Å². The van der Waals surface area contributed by atoms with Gasteiger partial charge in [0, 0.05) is 24.5 Å². The minimum atomic E-state index is -0.276. The fourth-order valence-corrected chi connectivity index (χ4v) is 4.42. The summed E-state index contributed by atoms with van der Waals surface area (Å²) in [7, 11) is 3.53. The van der Waals surface area contributed by atoms with Gasteiger partial charge in [-0.3, -0.25) is 9.78 Å². The smallest absolute Gasteiger partial charge is 0.247 e. The molecular formula is C29H26N6O3. The number of methoxy groups -OCH3 is 1. The molecule has 0 fully saturated rings. The first-order valence-corrected chi connectivity index (χ1v) is 11.8. The molecule has 3 N–H and O–H groups in total. The predicted octanol–water partition coefficient (Wildman–Crippen LogP) is 5.51. The highest BCUT2D eigenvalue weighted by atomic mass is 16.5. The zero-order valence-corrected chi connectivity index (χ0v) is 21.2. The monoisotopic (exact) mass is 506 g/mol. The first-order chi connectivity index (χ1) is 18.4. The number of pyridine rings is 1. The fraction of sp³-hybridized carbons (Fsp3) is 0.103. The Morgan fingerprint density at radius 1 is 1.05 bits per heavy atom. The summed E-state index contributed by atoms with van der Waals surface area (Å²) >= 11 is 0. The Labute approximate surface area is 219 Å². The number of nitrogen functional groups attached to an aromatic ring is 1. The van der Waals surface area contributed by atoms with Crippen LogP contribution in [-0.4, -0.2) is 32.5 Å². The summed E-state index contributed by atoms with van der Waals surface area (Å²) in [4.78, 5) is 24.7. The van der Waals surface area contributed by atoms with Crippen molar-refractivity contribution in [2.24, 2.45) is 7.05 Å². The molecule has 0 saturated heterocycles. The lowest BCUT2D eigenvalue weighted by molar-refractivity contribution is -0.111. The van der Waals surface area contributed by atoms with Gasteiger partial charge in [0.15, 0.2) is 11.5 Å². The number of ether oxygens (including phenoxy) is 2. The third-order valence-corrected chi connectivity index (χ3v) is 6.14. The van der Waals surface area contributed by atoms with Gasteiger partial charge < -0.3 is 25.1 Å². The maximum absolute atomic E-state index is 11.7. The summed E-state index contributed by atoms with van der Waals surface area (Å²) in [6.45, 7) is 5.45. The second kappa shape index (κ2) is 10.1. The van der Waals surface area contributed by atoms with Gasteiger partial charge in [0.1, 0.15) is 23.5 Å². The molecule has 9 nitrogen and oxygen atoms in total. The number of carbonyl (C=O) groups excluding carboxylic acids is 1. The molecule has 0 atom stereocenters. The van der Waals surface area contributed by atoms with Gasteiger partial charge in [-0.15, -0.1) is 0 Å². The molecule has 3 heterocycles. The van der Waals surface area contributed by atoms with Crippen LogP contribution in [0.15, 0.2) is 79.9 Å². The number of nitrogens with zero attached hydrogens (tertiary/aromatic N) is 4. The van der Waals surface area contributed by atoms with Crippen LogP contribution in [0.3, 0.4) is 0 Å².